The van der Waals surface area contributed by atoms with Crippen LogP contribution in [-0.2, 0) is 0 Å². The van der Waals surface area contributed by atoms with Crippen LogP contribution in [0.15, 0.2) is 33.7 Å². The average Bonchev–Trinajstić information content (AvgIpc) is 3.17. The number of benzene rings is 1. The Kier molecular flexibility index (Phi) is 7.47. The molecule has 0 amide bonds. The van der Waals surface area contributed by atoms with Gasteiger partial charge in [-0.15, -0.1) is 24.0 Å². The molecule has 0 bridgehead atoms. The van der Waals surface area contributed by atoms with Gasteiger partial charge >= 0.3 is 0 Å². The van der Waals surface area contributed by atoms with E-state index in [4.69, 9.17) is 0 Å². The van der Waals surface area contributed by atoms with Gasteiger partial charge in [-0.25, -0.2) is 0 Å². The zero-order valence-electron chi connectivity index (χ0n) is 13.1. The molecule has 0 aliphatic heterocycles. The zero-order chi connectivity index (χ0) is 14.7. The summed E-state index contributed by atoms with van der Waals surface area (Å²) in [6.45, 7) is 6.62. The molecular formula is C16H25BrIN3. The molecule has 3 nitrogen and oxygen atoms in total. The summed E-state index contributed by atoms with van der Waals surface area (Å²) in [7, 11) is 1.83. The van der Waals surface area contributed by atoms with E-state index in [0.717, 1.165) is 10.4 Å². The summed E-state index contributed by atoms with van der Waals surface area (Å²) in [4.78, 5) is 4.32. The molecule has 0 saturated heterocycles. The number of nitrogens with zero attached hydrogens (tertiary/aromatic N) is 1. The molecule has 2 rings (SSSR count). The zero-order valence-corrected chi connectivity index (χ0v) is 17.0. The van der Waals surface area contributed by atoms with Crippen molar-refractivity contribution >= 4 is 45.9 Å². The summed E-state index contributed by atoms with van der Waals surface area (Å²) < 4.78 is 1.13. The van der Waals surface area contributed by atoms with E-state index in [0.29, 0.717) is 23.9 Å². The van der Waals surface area contributed by atoms with Gasteiger partial charge in [0.1, 0.15) is 0 Å². The van der Waals surface area contributed by atoms with Crippen LogP contribution in [0.2, 0.25) is 0 Å². The summed E-state index contributed by atoms with van der Waals surface area (Å²) >= 11 is 3.48. The van der Waals surface area contributed by atoms with Crippen LogP contribution in [0, 0.1) is 5.92 Å². The number of aliphatic imine (C=N–C) groups is 1. The number of halogens is 2. The molecule has 0 aromatic heterocycles. The van der Waals surface area contributed by atoms with Gasteiger partial charge in [0, 0.05) is 29.5 Å². The lowest BCUT2D eigenvalue weighted by Crippen LogP contribution is -2.45. The van der Waals surface area contributed by atoms with Gasteiger partial charge in [0.2, 0.25) is 0 Å². The quantitative estimate of drug-likeness (QED) is 0.398. The van der Waals surface area contributed by atoms with Crippen molar-refractivity contribution in [3.05, 3.63) is 34.3 Å². The molecular weight excluding hydrogens is 441 g/mol. The van der Waals surface area contributed by atoms with Crippen molar-refractivity contribution < 1.29 is 0 Å². The van der Waals surface area contributed by atoms with Crippen LogP contribution in [0.5, 0.6) is 0 Å². The fraction of sp³-hybridized carbons (Fsp3) is 0.562. The van der Waals surface area contributed by atoms with Crippen molar-refractivity contribution in [2.45, 2.75) is 45.2 Å². The second kappa shape index (κ2) is 8.36. The molecule has 21 heavy (non-hydrogen) atoms. The predicted molar refractivity (Wildman–Crippen MR) is 105 cm³/mol. The molecule has 1 aliphatic rings. The highest BCUT2D eigenvalue weighted by molar-refractivity contribution is 14.0. The minimum Gasteiger partial charge on any atom is -0.354 e. The average molecular weight is 466 g/mol. The number of nitrogens with one attached hydrogen (secondary N) is 2. The maximum absolute atomic E-state index is 4.32. The van der Waals surface area contributed by atoms with E-state index >= 15 is 0 Å². The van der Waals surface area contributed by atoms with Gasteiger partial charge in [-0.1, -0.05) is 41.9 Å². The summed E-state index contributed by atoms with van der Waals surface area (Å²) in [5.74, 6) is 2.11. The Bertz CT molecular complexity index is 473. The Hall–Kier alpha value is -0.300. The molecule has 2 N–H and O–H groups in total. The molecule has 3 atom stereocenters. The first-order valence-corrected chi connectivity index (χ1v) is 8.06. The fourth-order valence-corrected chi connectivity index (χ4v) is 2.43. The number of rotatable bonds is 4. The van der Waals surface area contributed by atoms with Crippen LogP contribution < -0.4 is 10.6 Å². The lowest BCUT2D eigenvalue weighted by Gasteiger charge is -2.20. The van der Waals surface area contributed by atoms with Crippen LogP contribution in [-0.4, -0.2) is 25.1 Å². The summed E-state index contributed by atoms with van der Waals surface area (Å²) in [5.41, 5.74) is 1.40. The van der Waals surface area contributed by atoms with Crippen molar-refractivity contribution in [1.82, 2.24) is 10.6 Å². The van der Waals surface area contributed by atoms with Crippen molar-refractivity contribution in [3.63, 3.8) is 0 Å². The van der Waals surface area contributed by atoms with Gasteiger partial charge in [-0.05, 0) is 37.0 Å². The Morgan fingerprint density at radius 1 is 1.24 bits per heavy atom. The predicted octanol–water partition coefficient (Wildman–Crippen LogP) is 4.13. The highest BCUT2D eigenvalue weighted by Crippen LogP contribution is 2.40. The van der Waals surface area contributed by atoms with Crippen LogP contribution in [0.3, 0.4) is 0 Å². The molecule has 1 saturated carbocycles. The normalized spacial score (nSPS) is 22.5. The minimum atomic E-state index is 0. The third-order valence-corrected chi connectivity index (χ3v) is 4.53. The second-order valence-electron chi connectivity index (χ2n) is 5.89. The summed E-state index contributed by atoms with van der Waals surface area (Å²) in [6.07, 6.45) is 1.18. The van der Waals surface area contributed by atoms with Crippen molar-refractivity contribution in [1.29, 1.82) is 0 Å². The Labute approximate surface area is 153 Å². The lowest BCUT2D eigenvalue weighted by atomic mass is 10.1. The first kappa shape index (κ1) is 18.7. The van der Waals surface area contributed by atoms with E-state index in [1.54, 1.807) is 0 Å². The molecule has 0 radical (unpaired) electrons. The maximum atomic E-state index is 4.32. The van der Waals surface area contributed by atoms with E-state index in [1.165, 1.54) is 12.0 Å². The van der Waals surface area contributed by atoms with E-state index < -0.39 is 0 Å². The van der Waals surface area contributed by atoms with Crippen molar-refractivity contribution in [3.8, 4) is 0 Å². The summed E-state index contributed by atoms with van der Waals surface area (Å²) in [5, 5.41) is 6.97. The number of guanidine groups is 1. The molecule has 1 aromatic rings. The largest absolute Gasteiger partial charge is 0.354 e. The number of hydrogen-bond donors (Lipinski definition) is 2. The van der Waals surface area contributed by atoms with Crippen LogP contribution in [0.4, 0.5) is 0 Å². The van der Waals surface area contributed by atoms with E-state index in [2.05, 4.69) is 76.6 Å². The molecule has 0 spiro atoms. The first-order chi connectivity index (χ1) is 9.51. The Balaban J connectivity index is 0.00000220. The standard InChI is InChI=1S/C16H24BrN3.HI/c1-10(2)11(3)19-16(18-4)20-15-9-14(15)12-5-7-13(17)8-6-12;/h5-8,10-11,14-15H,9H2,1-4H3,(H2,18,19,20);1H. The van der Waals surface area contributed by atoms with E-state index in [9.17, 15) is 0 Å². The van der Waals surface area contributed by atoms with Crippen LogP contribution in [0.25, 0.3) is 0 Å². The van der Waals surface area contributed by atoms with Gasteiger partial charge in [0.05, 0.1) is 0 Å². The third kappa shape index (κ3) is 5.43. The Morgan fingerprint density at radius 2 is 1.86 bits per heavy atom. The molecule has 3 unspecified atom stereocenters. The molecule has 1 aliphatic carbocycles. The van der Waals surface area contributed by atoms with Gasteiger partial charge in [-0.3, -0.25) is 4.99 Å². The van der Waals surface area contributed by atoms with Crippen molar-refractivity contribution in [2.75, 3.05) is 7.05 Å². The van der Waals surface area contributed by atoms with E-state index in [1.807, 2.05) is 7.05 Å². The molecule has 1 fully saturated rings. The highest BCUT2D eigenvalue weighted by atomic mass is 127. The fourth-order valence-electron chi connectivity index (χ4n) is 2.16. The minimum absolute atomic E-state index is 0. The maximum Gasteiger partial charge on any atom is 0.191 e. The first-order valence-electron chi connectivity index (χ1n) is 7.26. The van der Waals surface area contributed by atoms with Crippen LogP contribution >= 0.6 is 39.9 Å². The monoisotopic (exact) mass is 465 g/mol. The van der Waals surface area contributed by atoms with Crippen LogP contribution in [0.1, 0.15) is 38.7 Å². The van der Waals surface area contributed by atoms with E-state index in [-0.39, 0.29) is 24.0 Å². The molecule has 5 heteroatoms. The highest BCUT2D eigenvalue weighted by Gasteiger charge is 2.39. The molecule has 0 heterocycles. The molecule has 1 aromatic carbocycles. The van der Waals surface area contributed by atoms with Gasteiger partial charge < -0.3 is 10.6 Å². The second-order valence-corrected chi connectivity index (χ2v) is 6.81. The Morgan fingerprint density at radius 3 is 2.38 bits per heavy atom. The smallest absolute Gasteiger partial charge is 0.191 e. The topological polar surface area (TPSA) is 36.4 Å². The number of hydrogen-bond acceptors (Lipinski definition) is 1. The lowest BCUT2D eigenvalue weighted by molar-refractivity contribution is 0.480. The van der Waals surface area contributed by atoms with Gasteiger partial charge in [-0.2, -0.15) is 0 Å². The molecule has 118 valence electrons. The third-order valence-electron chi connectivity index (χ3n) is 4.00. The van der Waals surface area contributed by atoms with Gasteiger partial charge in [0.25, 0.3) is 0 Å². The van der Waals surface area contributed by atoms with Gasteiger partial charge in [0.15, 0.2) is 5.96 Å². The summed E-state index contributed by atoms with van der Waals surface area (Å²) in [6, 6.07) is 9.54. The van der Waals surface area contributed by atoms with Crippen molar-refractivity contribution in [2.24, 2.45) is 10.9 Å². The SMILES string of the molecule is CN=C(NC(C)C(C)C)NC1CC1c1ccc(Br)cc1.I.